The number of carbonyl (C=O) groups is 3. The zero-order valence-electron chi connectivity index (χ0n) is 12.9. The third-order valence-electron chi connectivity index (χ3n) is 4.63. The first kappa shape index (κ1) is 17.4. The van der Waals surface area contributed by atoms with E-state index < -0.39 is 0 Å². The van der Waals surface area contributed by atoms with E-state index in [1.54, 1.807) is 12.1 Å². The maximum atomic E-state index is 12.4. The van der Waals surface area contributed by atoms with E-state index in [1.165, 1.54) is 13.1 Å². The molecule has 2 atom stereocenters. The van der Waals surface area contributed by atoms with Crippen LogP contribution in [0.1, 0.15) is 50.3 Å². The van der Waals surface area contributed by atoms with Crippen molar-refractivity contribution in [1.29, 1.82) is 0 Å². The van der Waals surface area contributed by atoms with Crippen LogP contribution < -0.4 is 11.1 Å². The molecule has 2 aliphatic rings. The van der Waals surface area contributed by atoms with Crippen LogP contribution in [0.4, 0.5) is 0 Å². The van der Waals surface area contributed by atoms with Gasteiger partial charge in [-0.05, 0) is 43.5 Å². The highest BCUT2D eigenvalue weighted by Gasteiger charge is 2.34. The second kappa shape index (κ2) is 6.68. The van der Waals surface area contributed by atoms with Crippen molar-refractivity contribution in [2.45, 2.75) is 25.3 Å². The Morgan fingerprint density at radius 1 is 1.26 bits per heavy atom. The number of nitrogens with two attached hydrogens (primary N) is 1. The SMILES string of the molecule is CN1C(=O)c2ccc(C(=O)NC3CCCC3CN)cc2C1=O.Cl. The van der Waals surface area contributed by atoms with Gasteiger partial charge in [0.1, 0.15) is 0 Å². The molecule has 0 bridgehead atoms. The lowest BCUT2D eigenvalue weighted by Gasteiger charge is -2.19. The Morgan fingerprint density at radius 2 is 1.96 bits per heavy atom. The van der Waals surface area contributed by atoms with Gasteiger partial charge in [-0.1, -0.05) is 6.42 Å². The van der Waals surface area contributed by atoms with E-state index in [-0.39, 0.29) is 36.2 Å². The standard InChI is InChI=1S/C16H19N3O3.ClH/c1-19-15(21)11-6-5-9(7-12(11)16(19)22)14(20)18-13-4-2-3-10(13)8-17;/h5-7,10,13H,2-4,8,17H2,1H3,(H,18,20);1H. The summed E-state index contributed by atoms with van der Waals surface area (Å²) in [4.78, 5) is 37.3. The van der Waals surface area contributed by atoms with Crippen molar-refractivity contribution in [3.05, 3.63) is 34.9 Å². The number of imide groups is 1. The number of hydrogen-bond donors (Lipinski definition) is 2. The highest BCUT2D eigenvalue weighted by atomic mass is 35.5. The van der Waals surface area contributed by atoms with Crippen LogP contribution in [0.5, 0.6) is 0 Å². The Hall–Kier alpha value is -1.92. The Kier molecular flexibility index (Phi) is 5.06. The molecular weight excluding hydrogens is 318 g/mol. The van der Waals surface area contributed by atoms with Crippen LogP contribution in [0, 0.1) is 5.92 Å². The van der Waals surface area contributed by atoms with Crippen molar-refractivity contribution < 1.29 is 14.4 Å². The minimum absolute atomic E-state index is 0. The first-order valence-corrected chi connectivity index (χ1v) is 7.50. The highest BCUT2D eigenvalue weighted by Crippen LogP contribution is 2.26. The van der Waals surface area contributed by atoms with E-state index in [9.17, 15) is 14.4 Å². The Balaban J connectivity index is 0.00000192. The summed E-state index contributed by atoms with van der Waals surface area (Å²) in [7, 11) is 1.44. The zero-order chi connectivity index (χ0) is 15.9. The van der Waals surface area contributed by atoms with Crippen molar-refractivity contribution in [2.75, 3.05) is 13.6 Å². The summed E-state index contributed by atoms with van der Waals surface area (Å²) in [6.07, 6.45) is 3.02. The topological polar surface area (TPSA) is 92.5 Å². The number of hydrogen-bond acceptors (Lipinski definition) is 4. The summed E-state index contributed by atoms with van der Waals surface area (Å²) < 4.78 is 0. The first-order chi connectivity index (χ1) is 10.5. The number of halogens is 1. The van der Waals surface area contributed by atoms with Gasteiger partial charge in [-0.15, -0.1) is 12.4 Å². The molecule has 3 N–H and O–H groups in total. The normalized spacial score (nSPS) is 22.8. The number of nitrogens with zero attached hydrogens (tertiary/aromatic N) is 1. The quantitative estimate of drug-likeness (QED) is 0.810. The fourth-order valence-electron chi connectivity index (χ4n) is 3.26. The molecule has 0 spiro atoms. The molecule has 23 heavy (non-hydrogen) atoms. The van der Waals surface area contributed by atoms with Crippen LogP contribution >= 0.6 is 12.4 Å². The van der Waals surface area contributed by atoms with Gasteiger partial charge in [-0.25, -0.2) is 0 Å². The highest BCUT2D eigenvalue weighted by molar-refractivity contribution is 6.21. The molecular formula is C16H20ClN3O3. The number of nitrogens with one attached hydrogen (secondary N) is 1. The van der Waals surface area contributed by atoms with Crippen LogP contribution in [0.15, 0.2) is 18.2 Å². The lowest BCUT2D eigenvalue weighted by Crippen LogP contribution is -2.39. The molecule has 2 unspecified atom stereocenters. The van der Waals surface area contributed by atoms with E-state index in [4.69, 9.17) is 5.73 Å². The number of benzene rings is 1. The molecule has 0 saturated heterocycles. The van der Waals surface area contributed by atoms with Crippen molar-refractivity contribution in [3.8, 4) is 0 Å². The van der Waals surface area contributed by atoms with E-state index in [0.717, 1.165) is 24.2 Å². The number of rotatable bonds is 3. The molecule has 0 aromatic heterocycles. The van der Waals surface area contributed by atoms with Crippen molar-refractivity contribution in [2.24, 2.45) is 11.7 Å². The third-order valence-corrected chi connectivity index (χ3v) is 4.63. The average Bonchev–Trinajstić information content (AvgIpc) is 3.06. The molecule has 3 rings (SSSR count). The van der Waals surface area contributed by atoms with Gasteiger partial charge < -0.3 is 11.1 Å². The minimum Gasteiger partial charge on any atom is -0.349 e. The second-order valence-electron chi connectivity index (χ2n) is 5.94. The fraction of sp³-hybridized carbons (Fsp3) is 0.438. The number of carbonyl (C=O) groups excluding carboxylic acids is 3. The summed E-state index contributed by atoms with van der Waals surface area (Å²) >= 11 is 0. The van der Waals surface area contributed by atoms with E-state index >= 15 is 0 Å². The smallest absolute Gasteiger partial charge is 0.261 e. The molecule has 1 aliphatic heterocycles. The third kappa shape index (κ3) is 2.96. The molecule has 1 aromatic carbocycles. The summed E-state index contributed by atoms with van der Waals surface area (Å²) in [5, 5.41) is 3.00. The predicted molar refractivity (Wildman–Crippen MR) is 87.8 cm³/mol. The van der Waals surface area contributed by atoms with Crippen molar-refractivity contribution in [1.82, 2.24) is 10.2 Å². The molecule has 1 aromatic rings. The molecule has 1 aliphatic carbocycles. The molecule has 1 fully saturated rings. The summed E-state index contributed by atoms with van der Waals surface area (Å²) in [6.45, 7) is 0.562. The molecule has 7 heteroatoms. The Bertz CT molecular complexity index is 662. The van der Waals surface area contributed by atoms with Gasteiger partial charge in [0.25, 0.3) is 17.7 Å². The van der Waals surface area contributed by atoms with Gasteiger partial charge >= 0.3 is 0 Å². The van der Waals surface area contributed by atoms with Gasteiger partial charge in [0.05, 0.1) is 11.1 Å². The summed E-state index contributed by atoms with van der Waals surface area (Å²) in [5.41, 5.74) is 6.77. The largest absolute Gasteiger partial charge is 0.349 e. The fourth-order valence-corrected chi connectivity index (χ4v) is 3.26. The minimum atomic E-state index is -0.365. The van der Waals surface area contributed by atoms with Crippen LogP contribution in [0.3, 0.4) is 0 Å². The monoisotopic (exact) mass is 337 g/mol. The van der Waals surface area contributed by atoms with Gasteiger partial charge in [0.2, 0.25) is 0 Å². The molecule has 0 radical (unpaired) electrons. The zero-order valence-corrected chi connectivity index (χ0v) is 13.7. The van der Waals surface area contributed by atoms with Crippen LogP contribution in [-0.2, 0) is 0 Å². The molecule has 3 amide bonds. The predicted octanol–water partition coefficient (Wildman–Crippen LogP) is 1.19. The van der Waals surface area contributed by atoms with Gasteiger partial charge in [0, 0.05) is 18.7 Å². The van der Waals surface area contributed by atoms with E-state index in [2.05, 4.69) is 5.32 Å². The van der Waals surface area contributed by atoms with Crippen LogP contribution in [0.25, 0.3) is 0 Å². The van der Waals surface area contributed by atoms with Crippen LogP contribution in [-0.4, -0.2) is 42.3 Å². The molecule has 1 saturated carbocycles. The molecule has 1 heterocycles. The van der Waals surface area contributed by atoms with Gasteiger partial charge in [-0.3, -0.25) is 19.3 Å². The van der Waals surface area contributed by atoms with Gasteiger partial charge in [0.15, 0.2) is 0 Å². The van der Waals surface area contributed by atoms with E-state index in [0.29, 0.717) is 29.2 Å². The van der Waals surface area contributed by atoms with E-state index in [1.807, 2.05) is 0 Å². The van der Waals surface area contributed by atoms with Crippen LogP contribution in [0.2, 0.25) is 0 Å². The summed E-state index contributed by atoms with van der Waals surface area (Å²) in [6, 6.07) is 4.72. The maximum absolute atomic E-state index is 12.4. The first-order valence-electron chi connectivity index (χ1n) is 7.50. The Morgan fingerprint density at radius 3 is 2.65 bits per heavy atom. The average molecular weight is 338 g/mol. The van der Waals surface area contributed by atoms with Crippen molar-refractivity contribution in [3.63, 3.8) is 0 Å². The summed E-state index contributed by atoms with van der Waals surface area (Å²) in [5.74, 6) is -0.600. The Labute approximate surface area is 140 Å². The number of amides is 3. The maximum Gasteiger partial charge on any atom is 0.261 e. The lowest BCUT2D eigenvalue weighted by atomic mass is 10.0. The number of fused-ring (bicyclic) bond motifs is 1. The lowest BCUT2D eigenvalue weighted by molar-refractivity contribution is 0.0693. The van der Waals surface area contributed by atoms with Gasteiger partial charge in [-0.2, -0.15) is 0 Å². The molecule has 6 nitrogen and oxygen atoms in total. The second-order valence-corrected chi connectivity index (χ2v) is 5.94. The molecule has 124 valence electrons. The van der Waals surface area contributed by atoms with Crippen molar-refractivity contribution >= 4 is 30.1 Å².